The molecule has 1 atom stereocenters. The summed E-state index contributed by atoms with van der Waals surface area (Å²) in [5, 5.41) is 11.3. The summed E-state index contributed by atoms with van der Waals surface area (Å²) in [6.07, 6.45) is -2.54. The number of methoxy groups -OCH3 is 1. The number of nitrogens with zero attached hydrogens (tertiary/aromatic N) is 4. The summed E-state index contributed by atoms with van der Waals surface area (Å²) in [7, 11) is 2.77. The van der Waals surface area contributed by atoms with Gasteiger partial charge in [0.25, 0.3) is 5.56 Å². The van der Waals surface area contributed by atoms with Crippen LogP contribution in [0.2, 0.25) is 0 Å². The second-order valence-electron chi connectivity index (χ2n) is 7.03. The van der Waals surface area contributed by atoms with E-state index in [0.29, 0.717) is 0 Å². The van der Waals surface area contributed by atoms with Crippen LogP contribution in [0.1, 0.15) is 25.3 Å². The number of hydrogen-bond donors (Lipinski definition) is 1. The van der Waals surface area contributed by atoms with Crippen LogP contribution in [0.3, 0.4) is 0 Å². The monoisotopic (exact) mass is 411 g/mol. The Balaban J connectivity index is 1.91. The largest absolute Gasteiger partial charge is 0.496 e. The van der Waals surface area contributed by atoms with Crippen molar-refractivity contribution in [2.75, 3.05) is 32.1 Å². The van der Waals surface area contributed by atoms with Gasteiger partial charge in [-0.1, -0.05) is 6.92 Å². The summed E-state index contributed by atoms with van der Waals surface area (Å²) < 4.78 is 45.2. The molecular weight excluding hydrogens is 387 g/mol. The van der Waals surface area contributed by atoms with Gasteiger partial charge in [-0.3, -0.25) is 9.36 Å². The van der Waals surface area contributed by atoms with Crippen molar-refractivity contribution in [1.29, 1.82) is 0 Å². The molecule has 1 aliphatic rings. The number of nitrogens with one attached hydrogen (secondary N) is 1. The van der Waals surface area contributed by atoms with E-state index in [4.69, 9.17) is 4.74 Å². The molecule has 1 saturated heterocycles. The van der Waals surface area contributed by atoms with E-state index in [1.807, 2.05) is 0 Å². The number of hydrogen-bond acceptors (Lipinski definition) is 6. The van der Waals surface area contributed by atoms with Gasteiger partial charge in [0.1, 0.15) is 5.75 Å². The van der Waals surface area contributed by atoms with Crippen LogP contribution in [-0.2, 0) is 13.2 Å². The highest BCUT2D eigenvalue weighted by molar-refractivity contribution is 5.65. The number of rotatable bonds is 5. The Labute approximate surface area is 166 Å². The molecule has 7 nitrogen and oxygen atoms in total. The molecule has 0 unspecified atom stereocenters. The average molecular weight is 411 g/mol. The van der Waals surface area contributed by atoms with Crippen molar-refractivity contribution in [3.63, 3.8) is 0 Å². The number of alkyl halides is 3. The number of piperidine rings is 1. The van der Waals surface area contributed by atoms with Crippen molar-refractivity contribution in [3.05, 3.63) is 34.1 Å². The van der Waals surface area contributed by atoms with Crippen molar-refractivity contribution in [2.24, 2.45) is 7.05 Å². The number of ether oxygens (including phenoxy) is 1. The quantitative estimate of drug-likeness (QED) is 0.816. The van der Waals surface area contributed by atoms with Gasteiger partial charge in [0.2, 0.25) is 5.82 Å². The van der Waals surface area contributed by atoms with E-state index in [0.717, 1.165) is 44.6 Å². The Hall–Kier alpha value is -2.62. The lowest BCUT2D eigenvalue weighted by atomic mass is 10.1. The highest BCUT2D eigenvalue weighted by Crippen LogP contribution is 2.36. The fourth-order valence-electron chi connectivity index (χ4n) is 3.49. The van der Waals surface area contributed by atoms with Gasteiger partial charge in [-0.05, 0) is 44.1 Å². The van der Waals surface area contributed by atoms with Crippen molar-refractivity contribution in [3.8, 4) is 17.1 Å². The smallest absolute Gasteiger partial charge is 0.416 e. The first kappa shape index (κ1) is 21.1. The lowest BCUT2D eigenvalue weighted by Crippen LogP contribution is -2.43. The Bertz CT molecular complexity index is 929. The van der Waals surface area contributed by atoms with Crippen molar-refractivity contribution in [1.82, 2.24) is 19.7 Å². The maximum atomic E-state index is 13.0. The number of benzene rings is 1. The van der Waals surface area contributed by atoms with Crippen LogP contribution in [0.15, 0.2) is 23.0 Å². The van der Waals surface area contributed by atoms with E-state index in [2.05, 4.69) is 27.3 Å². The molecule has 1 aliphatic heterocycles. The molecule has 3 rings (SSSR count). The topological polar surface area (TPSA) is 72.3 Å². The van der Waals surface area contributed by atoms with Crippen molar-refractivity contribution in [2.45, 2.75) is 32.0 Å². The molecule has 1 aromatic heterocycles. The molecule has 10 heteroatoms. The molecular formula is C19H24F3N5O2. The van der Waals surface area contributed by atoms with E-state index >= 15 is 0 Å². The van der Waals surface area contributed by atoms with Crippen LogP contribution in [-0.4, -0.2) is 52.5 Å². The molecule has 29 heavy (non-hydrogen) atoms. The summed E-state index contributed by atoms with van der Waals surface area (Å²) >= 11 is 0. The fourth-order valence-corrected chi connectivity index (χ4v) is 3.49. The number of likely N-dealkylation sites (tertiary alicyclic amines) is 1. The van der Waals surface area contributed by atoms with Crippen LogP contribution in [0.4, 0.5) is 19.0 Å². The third kappa shape index (κ3) is 4.52. The molecule has 1 aromatic carbocycles. The molecule has 2 heterocycles. The van der Waals surface area contributed by atoms with Gasteiger partial charge in [0, 0.05) is 19.6 Å². The molecule has 0 bridgehead atoms. The number of anilines is 1. The van der Waals surface area contributed by atoms with Crippen LogP contribution < -0.4 is 15.6 Å². The van der Waals surface area contributed by atoms with Crippen molar-refractivity contribution < 1.29 is 17.9 Å². The van der Waals surface area contributed by atoms with E-state index < -0.39 is 17.3 Å². The van der Waals surface area contributed by atoms with Gasteiger partial charge in [-0.2, -0.15) is 13.2 Å². The lowest BCUT2D eigenvalue weighted by molar-refractivity contribution is -0.137. The Morgan fingerprint density at radius 2 is 2.07 bits per heavy atom. The SMILES string of the molecule is CCN1CCC[C@@H](Nc2nnc(-c3ccc(C(F)(F)F)cc3OC)n(C)c2=O)C1. The zero-order valence-corrected chi connectivity index (χ0v) is 16.6. The third-order valence-electron chi connectivity index (χ3n) is 5.13. The molecule has 1 N–H and O–H groups in total. The minimum atomic E-state index is -4.50. The maximum absolute atomic E-state index is 13.0. The number of aromatic nitrogens is 3. The predicted octanol–water partition coefficient (Wildman–Crippen LogP) is 2.77. The Kier molecular flexibility index (Phi) is 6.11. The second-order valence-corrected chi connectivity index (χ2v) is 7.03. The van der Waals surface area contributed by atoms with E-state index in [-0.39, 0.29) is 29.0 Å². The van der Waals surface area contributed by atoms with Crippen LogP contribution in [0.5, 0.6) is 5.75 Å². The minimum Gasteiger partial charge on any atom is -0.496 e. The van der Waals surface area contributed by atoms with Gasteiger partial charge < -0.3 is 15.0 Å². The van der Waals surface area contributed by atoms with Crippen LogP contribution in [0.25, 0.3) is 11.4 Å². The normalized spacial score (nSPS) is 17.9. The Morgan fingerprint density at radius 3 is 2.72 bits per heavy atom. The number of likely N-dealkylation sites (N-methyl/N-ethyl adjacent to an activating group) is 1. The van der Waals surface area contributed by atoms with Crippen molar-refractivity contribution >= 4 is 5.82 Å². The summed E-state index contributed by atoms with van der Waals surface area (Å²) in [5.41, 5.74) is -0.980. The van der Waals surface area contributed by atoms with Gasteiger partial charge >= 0.3 is 6.18 Å². The van der Waals surface area contributed by atoms with E-state index in [9.17, 15) is 18.0 Å². The Morgan fingerprint density at radius 1 is 1.31 bits per heavy atom. The molecule has 158 valence electrons. The highest BCUT2D eigenvalue weighted by atomic mass is 19.4. The molecule has 1 fully saturated rings. The van der Waals surface area contributed by atoms with Gasteiger partial charge in [-0.15, -0.1) is 10.2 Å². The minimum absolute atomic E-state index is 0.0318. The lowest BCUT2D eigenvalue weighted by Gasteiger charge is -2.32. The predicted molar refractivity (Wildman–Crippen MR) is 103 cm³/mol. The standard InChI is InChI=1S/C19H24F3N5O2/c1-4-27-9-5-6-13(11-27)23-16-18(28)26(2)17(25-24-16)14-8-7-12(19(20,21)22)10-15(14)29-3/h7-8,10,13H,4-6,9,11H2,1-3H3,(H,23,24)/t13-/m1/s1. The molecule has 0 amide bonds. The second kappa shape index (κ2) is 8.40. The van der Waals surface area contributed by atoms with Gasteiger partial charge in [0.05, 0.1) is 18.2 Å². The molecule has 0 radical (unpaired) electrons. The number of halogens is 3. The molecule has 0 spiro atoms. The third-order valence-corrected chi connectivity index (χ3v) is 5.13. The summed E-state index contributed by atoms with van der Waals surface area (Å²) in [5.74, 6) is 0.228. The first-order chi connectivity index (χ1) is 13.7. The molecule has 2 aromatic rings. The molecule has 0 aliphatic carbocycles. The fraction of sp³-hybridized carbons (Fsp3) is 0.526. The van der Waals surface area contributed by atoms with Gasteiger partial charge in [0.15, 0.2) is 5.82 Å². The first-order valence-electron chi connectivity index (χ1n) is 9.42. The maximum Gasteiger partial charge on any atom is 0.416 e. The van der Waals surface area contributed by atoms with Crippen LogP contribution >= 0.6 is 0 Å². The highest BCUT2D eigenvalue weighted by Gasteiger charge is 2.32. The average Bonchev–Trinajstić information content (AvgIpc) is 2.70. The summed E-state index contributed by atoms with van der Waals surface area (Å²) in [6, 6.07) is 3.14. The van der Waals surface area contributed by atoms with E-state index in [1.165, 1.54) is 24.8 Å². The zero-order chi connectivity index (χ0) is 21.2. The summed E-state index contributed by atoms with van der Waals surface area (Å²) in [6.45, 7) is 4.88. The van der Waals surface area contributed by atoms with Gasteiger partial charge in [-0.25, -0.2) is 0 Å². The summed E-state index contributed by atoms with van der Waals surface area (Å²) in [4.78, 5) is 15.1. The van der Waals surface area contributed by atoms with E-state index in [1.54, 1.807) is 0 Å². The first-order valence-corrected chi connectivity index (χ1v) is 9.42. The molecule has 0 saturated carbocycles. The van der Waals surface area contributed by atoms with Crippen LogP contribution in [0, 0.1) is 0 Å². The zero-order valence-electron chi connectivity index (χ0n) is 16.6.